The molecule has 7 rings (SSSR count). The maximum absolute atomic E-state index is 13.2. The highest BCUT2D eigenvalue weighted by Crippen LogP contribution is 2.65. The molecule has 0 aromatic heterocycles. The first-order valence-corrected chi connectivity index (χ1v) is 10.9. The van der Waals surface area contributed by atoms with E-state index in [1.807, 2.05) is 0 Å². The van der Waals surface area contributed by atoms with Crippen molar-refractivity contribution in [3.63, 3.8) is 0 Å². The second kappa shape index (κ2) is 6.73. The van der Waals surface area contributed by atoms with E-state index in [0.29, 0.717) is 34.4 Å². The molecule has 1 saturated heterocycles. The SMILES string of the molecule is CC(=O)c1ccc(OC(=O)c2ccc(N3C(=O)[C@H]4[C@@H]5C=C[C@@H]([C@H]6C[C@H]56)[C@@H]4C3=O)cc2)cc1. The molecule has 4 aliphatic carbocycles. The number of esters is 1. The monoisotopic (exact) mass is 427 g/mol. The van der Waals surface area contributed by atoms with Gasteiger partial charge in [0.2, 0.25) is 11.8 Å². The van der Waals surface area contributed by atoms with E-state index in [4.69, 9.17) is 4.74 Å². The number of allylic oxidation sites excluding steroid dienone is 2. The minimum Gasteiger partial charge on any atom is -0.423 e. The zero-order chi connectivity index (χ0) is 22.1. The number of carbonyl (C=O) groups is 4. The van der Waals surface area contributed by atoms with Gasteiger partial charge in [-0.2, -0.15) is 0 Å². The highest BCUT2D eigenvalue weighted by Gasteiger charge is 2.67. The molecule has 3 fully saturated rings. The third-order valence-electron chi connectivity index (χ3n) is 7.50. The van der Waals surface area contributed by atoms with Gasteiger partial charge in [-0.25, -0.2) is 4.79 Å². The molecular weight excluding hydrogens is 406 g/mol. The molecule has 32 heavy (non-hydrogen) atoms. The molecule has 6 nitrogen and oxygen atoms in total. The van der Waals surface area contributed by atoms with Gasteiger partial charge >= 0.3 is 5.97 Å². The second-order valence-corrected chi connectivity index (χ2v) is 9.18. The smallest absolute Gasteiger partial charge is 0.343 e. The number of ether oxygens (including phenoxy) is 1. The van der Waals surface area contributed by atoms with Crippen LogP contribution in [0.25, 0.3) is 0 Å². The maximum Gasteiger partial charge on any atom is 0.343 e. The number of anilines is 1. The molecule has 2 aromatic carbocycles. The summed E-state index contributed by atoms with van der Waals surface area (Å²) in [6.45, 7) is 1.47. The Morgan fingerprint density at radius 1 is 0.812 bits per heavy atom. The van der Waals surface area contributed by atoms with Crippen molar-refractivity contribution in [1.82, 2.24) is 0 Å². The van der Waals surface area contributed by atoms with Crippen molar-refractivity contribution in [1.29, 1.82) is 0 Å². The highest BCUT2D eigenvalue weighted by molar-refractivity contribution is 6.22. The van der Waals surface area contributed by atoms with Crippen LogP contribution in [0.15, 0.2) is 60.7 Å². The molecule has 1 aliphatic heterocycles. The number of Topliss-reactive ketones (excluding diaryl/α,β-unsaturated/α-hetero) is 1. The summed E-state index contributed by atoms with van der Waals surface area (Å²) >= 11 is 0. The number of hydrogen-bond donors (Lipinski definition) is 0. The van der Waals surface area contributed by atoms with Gasteiger partial charge in [-0.05, 0) is 85.5 Å². The van der Waals surface area contributed by atoms with Crippen LogP contribution in [-0.2, 0) is 9.59 Å². The van der Waals surface area contributed by atoms with Gasteiger partial charge < -0.3 is 4.74 Å². The average Bonchev–Trinajstić information content (AvgIpc) is 3.58. The fourth-order valence-corrected chi connectivity index (χ4v) is 5.88. The Morgan fingerprint density at radius 2 is 1.34 bits per heavy atom. The largest absolute Gasteiger partial charge is 0.423 e. The quantitative estimate of drug-likeness (QED) is 0.245. The Kier molecular flexibility index (Phi) is 4.03. The van der Waals surface area contributed by atoms with Gasteiger partial charge in [0.15, 0.2) is 5.78 Å². The van der Waals surface area contributed by atoms with Crippen LogP contribution in [0.4, 0.5) is 5.69 Å². The van der Waals surface area contributed by atoms with E-state index in [0.717, 1.165) is 6.42 Å². The van der Waals surface area contributed by atoms with Crippen LogP contribution in [0.3, 0.4) is 0 Å². The summed E-state index contributed by atoms with van der Waals surface area (Å²) in [4.78, 5) is 51.6. The second-order valence-electron chi connectivity index (χ2n) is 9.18. The Bertz CT molecular complexity index is 1160. The molecule has 2 saturated carbocycles. The standard InChI is InChI=1S/C26H21NO5/c1-13(28)14-4-8-17(9-5-14)32-26(31)15-2-6-16(7-3-15)27-24(29)22-18-10-11-19(21-12-20(18)21)23(22)25(27)30/h2-11,18-23H,12H2,1H3/t18-,19+,20-,21-,22+,23+/m1/s1. The van der Waals surface area contributed by atoms with Crippen LogP contribution in [-0.4, -0.2) is 23.6 Å². The lowest BCUT2D eigenvalue weighted by Crippen LogP contribution is -2.40. The first-order chi connectivity index (χ1) is 15.4. The van der Waals surface area contributed by atoms with Crippen molar-refractivity contribution < 1.29 is 23.9 Å². The van der Waals surface area contributed by atoms with Gasteiger partial charge in [-0.1, -0.05) is 12.2 Å². The fourth-order valence-electron chi connectivity index (χ4n) is 5.88. The van der Waals surface area contributed by atoms with Crippen molar-refractivity contribution in [3.05, 3.63) is 71.8 Å². The van der Waals surface area contributed by atoms with Crippen LogP contribution in [0.2, 0.25) is 0 Å². The minimum atomic E-state index is -0.554. The van der Waals surface area contributed by atoms with Crippen LogP contribution < -0.4 is 9.64 Å². The van der Waals surface area contributed by atoms with E-state index < -0.39 is 5.97 Å². The number of hydrogen-bond acceptors (Lipinski definition) is 5. The normalized spacial score (nSPS) is 31.3. The van der Waals surface area contributed by atoms with Crippen molar-refractivity contribution in [2.24, 2.45) is 35.5 Å². The molecule has 6 heteroatoms. The molecule has 6 atom stereocenters. The van der Waals surface area contributed by atoms with Gasteiger partial charge in [0, 0.05) is 5.56 Å². The first kappa shape index (κ1) is 19.2. The van der Waals surface area contributed by atoms with E-state index in [-0.39, 0.29) is 41.3 Å². The predicted molar refractivity (Wildman–Crippen MR) is 115 cm³/mol. The lowest BCUT2D eigenvalue weighted by molar-refractivity contribution is -0.124. The number of rotatable bonds is 4. The molecular formula is C26H21NO5. The topological polar surface area (TPSA) is 80.8 Å². The number of benzene rings is 2. The van der Waals surface area contributed by atoms with Crippen LogP contribution in [0.1, 0.15) is 34.1 Å². The van der Waals surface area contributed by atoms with Gasteiger partial charge in [0.1, 0.15) is 5.75 Å². The Balaban J connectivity index is 1.19. The van der Waals surface area contributed by atoms with Crippen LogP contribution >= 0.6 is 0 Å². The van der Waals surface area contributed by atoms with Gasteiger partial charge in [0.25, 0.3) is 0 Å². The third-order valence-corrected chi connectivity index (χ3v) is 7.50. The lowest BCUT2D eigenvalue weighted by atomic mass is 9.63. The number of nitrogens with zero attached hydrogens (tertiary/aromatic N) is 1. The molecule has 2 amide bonds. The molecule has 5 aliphatic rings. The van der Waals surface area contributed by atoms with Crippen molar-refractivity contribution in [3.8, 4) is 5.75 Å². The first-order valence-electron chi connectivity index (χ1n) is 10.9. The fraction of sp³-hybridized carbons (Fsp3) is 0.308. The van der Waals surface area contributed by atoms with Gasteiger partial charge in [-0.15, -0.1) is 0 Å². The number of imide groups is 1. The van der Waals surface area contributed by atoms with E-state index in [1.165, 1.54) is 11.8 Å². The molecule has 160 valence electrons. The zero-order valence-electron chi connectivity index (χ0n) is 17.4. The van der Waals surface area contributed by atoms with Gasteiger partial charge in [0.05, 0.1) is 23.1 Å². The molecule has 0 radical (unpaired) electrons. The summed E-state index contributed by atoms with van der Waals surface area (Å²) in [6, 6.07) is 12.7. The number of amides is 2. The minimum absolute atomic E-state index is 0.0647. The Morgan fingerprint density at radius 3 is 1.88 bits per heavy atom. The average molecular weight is 427 g/mol. The Hall–Kier alpha value is -3.54. The van der Waals surface area contributed by atoms with Crippen LogP contribution in [0.5, 0.6) is 5.75 Å². The molecule has 0 spiro atoms. The number of ketones is 1. The molecule has 0 N–H and O–H groups in total. The van der Waals surface area contributed by atoms with Crippen LogP contribution in [0, 0.1) is 35.5 Å². The van der Waals surface area contributed by atoms with E-state index in [1.54, 1.807) is 48.5 Å². The summed E-state index contributed by atoms with van der Waals surface area (Å²) < 4.78 is 5.37. The van der Waals surface area contributed by atoms with Crippen molar-refractivity contribution in [2.75, 3.05) is 4.90 Å². The van der Waals surface area contributed by atoms with Crippen molar-refractivity contribution in [2.45, 2.75) is 13.3 Å². The van der Waals surface area contributed by atoms with Gasteiger partial charge in [-0.3, -0.25) is 19.3 Å². The van der Waals surface area contributed by atoms with E-state index in [2.05, 4.69) is 12.2 Å². The summed E-state index contributed by atoms with van der Waals surface area (Å²) in [6.07, 6.45) is 5.43. The highest BCUT2D eigenvalue weighted by atomic mass is 16.5. The molecule has 1 heterocycles. The lowest BCUT2D eigenvalue weighted by Gasteiger charge is -2.37. The van der Waals surface area contributed by atoms with Crippen molar-refractivity contribution >= 4 is 29.3 Å². The van der Waals surface area contributed by atoms with E-state index in [9.17, 15) is 19.2 Å². The summed E-state index contributed by atoms with van der Waals surface area (Å²) in [5, 5.41) is 0. The zero-order valence-corrected chi connectivity index (χ0v) is 17.4. The Labute approximate surface area is 184 Å². The molecule has 2 bridgehead atoms. The third kappa shape index (κ3) is 2.72. The predicted octanol–water partition coefficient (Wildman–Crippen LogP) is 3.67. The summed E-state index contributed by atoms with van der Waals surface area (Å²) in [5.41, 5.74) is 1.34. The van der Waals surface area contributed by atoms with E-state index >= 15 is 0 Å². The summed E-state index contributed by atoms with van der Waals surface area (Å²) in [5.74, 6) is 0.463. The maximum atomic E-state index is 13.2. The summed E-state index contributed by atoms with van der Waals surface area (Å²) in [7, 11) is 0. The molecule has 2 aromatic rings. The molecule has 0 unspecified atom stereocenters. The number of carbonyl (C=O) groups excluding carboxylic acids is 4.